The van der Waals surface area contributed by atoms with Gasteiger partial charge in [-0.15, -0.1) is 0 Å². The fraction of sp³-hybridized carbons (Fsp3) is 0.667. The first-order valence-corrected chi connectivity index (χ1v) is 9.67. The molecule has 25 heavy (non-hydrogen) atoms. The number of hydrogen-bond donors (Lipinski definition) is 0. The van der Waals surface area contributed by atoms with E-state index in [0.29, 0.717) is 23.3 Å². The Hall–Kier alpha value is -1.55. The van der Waals surface area contributed by atoms with Crippen LogP contribution < -0.4 is 4.74 Å². The van der Waals surface area contributed by atoms with E-state index in [4.69, 9.17) is 4.74 Å². The number of aryl methyl sites for hydroxylation is 1. The summed E-state index contributed by atoms with van der Waals surface area (Å²) in [5.74, 6) is 2.22. The van der Waals surface area contributed by atoms with E-state index in [2.05, 4.69) is 23.6 Å². The maximum Gasteiger partial charge on any atom is 0.257 e. The van der Waals surface area contributed by atoms with Crippen molar-refractivity contribution in [1.29, 1.82) is 0 Å². The molecule has 1 aromatic rings. The summed E-state index contributed by atoms with van der Waals surface area (Å²) in [6.45, 7) is 10.6. The molecule has 0 bridgehead atoms. The second kappa shape index (κ2) is 7.77. The van der Waals surface area contributed by atoms with Crippen LogP contribution >= 0.6 is 0 Å². The van der Waals surface area contributed by atoms with Crippen LogP contribution in [0.2, 0.25) is 0 Å². The Morgan fingerprint density at radius 1 is 1.28 bits per heavy atom. The highest BCUT2D eigenvalue weighted by Gasteiger charge is 2.34. The number of methoxy groups -OCH3 is 1. The number of nitrogens with zero attached hydrogens (tertiary/aromatic N) is 2. The van der Waals surface area contributed by atoms with E-state index < -0.39 is 0 Å². The number of benzene rings is 1. The van der Waals surface area contributed by atoms with Gasteiger partial charge in [-0.3, -0.25) is 9.69 Å². The van der Waals surface area contributed by atoms with E-state index in [1.54, 1.807) is 7.11 Å². The van der Waals surface area contributed by atoms with Crippen LogP contribution in [-0.2, 0) is 0 Å². The first-order valence-electron chi connectivity index (χ1n) is 9.67. The van der Waals surface area contributed by atoms with Gasteiger partial charge in [-0.2, -0.15) is 0 Å². The summed E-state index contributed by atoms with van der Waals surface area (Å²) in [6.07, 6.45) is 3.81. The topological polar surface area (TPSA) is 32.8 Å². The maximum atomic E-state index is 13.2. The van der Waals surface area contributed by atoms with Gasteiger partial charge < -0.3 is 9.64 Å². The van der Waals surface area contributed by atoms with E-state index in [1.807, 2.05) is 25.1 Å². The SMILES string of the molecule is COc1ccc(C)cc1C(=O)N1CCCN(CC2CC2)[C@@H](C(C)C)C1. The number of amides is 1. The lowest BCUT2D eigenvalue weighted by Gasteiger charge is -2.34. The van der Waals surface area contributed by atoms with Gasteiger partial charge in [0.25, 0.3) is 5.91 Å². The molecule has 2 aliphatic rings. The third kappa shape index (κ3) is 4.35. The molecule has 2 fully saturated rings. The summed E-state index contributed by atoms with van der Waals surface area (Å²) < 4.78 is 5.44. The minimum Gasteiger partial charge on any atom is -0.496 e. The lowest BCUT2D eigenvalue weighted by molar-refractivity contribution is 0.0701. The molecular weight excluding hydrogens is 312 g/mol. The Kier molecular flexibility index (Phi) is 5.67. The van der Waals surface area contributed by atoms with Crippen LogP contribution in [0.25, 0.3) is 0 Å². The smallest absolute Gasteiger partial charge is 0.257 e. The fourth-order valence-corrected chi connectivity index (χ4v) is 3.90. The Morgan fingerprint density at radius 2 is 2.04 bits per heavy atom. The van der Waals surface area contributed by atoms with Crippen LogP contribution in [0.5, 0.6) is 5.75 Å². The molecule has 1 saturated heterocycles. The Balaban J connectivity index is 1.79. The van der Waals surface area contributed by atoms with E-state index in [1.165, 1.54) is 19.4 Å². The van der Waals surface area contributed by atoms with E-state index >= 15 is 0 Å². The highest BCUT2D eigenvalue weighted by molar-refractivity contribution is 5.97. The zero-order valence-electron chi connectivity index (χ0n) is 16.1. The molecule has 1 saturated carbocycles. The average molecular weight is 344 g/mol. The zero-order valence-corrected chi connectivity index (χ0v) is 16.1. The monoisotopic (exact) mass is 344 g/mol. The van der Waals surface area contributed by atoms with Crippen LogP contribution in [0.15, 0.2) is 18.2 Å². The third-order valence-electron chi connectivity index (χ3n) is 5.58. The number of carbonyl (C=O) groups excluding carboxylic acids is 1. The predicted octanol–water partition coefficient (Wildman–Crippen LogP) is 3.59. The van der Waals surface area contributed by atoms with Gasteiger partial charge in [-0.1, -0.05) is 25.5 Å². The van der Waals surface area contributed by atoms with Crippen molar-refractivity contribution in [2.45, 2.75) is 46.1 Å². The van der Waals surface area contributed by atoms with Crippen LogP contribution in [0.3, 0.4) is 0 Å². The molecule has 0 N–H and O–H groups in total. The van der Waals surface area contributed by atoms with Gasteiger partial charge in [-0.05, 0) is 50.2 Å². The lowest BCUT2D eigenvalue weighted by atomic mass is 10.0. The van der Waals surface area contributed by atoms with Crippen molar-refractivity contribution in [3.63, 3.8) is 0 Å². The molecule has 1 aliphatic carbocycles. The van der Waals surface area contributed by atoms with Gasteiger partial charge in [-0.25, -0.2) is 0 Å². The summed E-state index contributed by atoms with van der Waals surface area (Å²) in [5.41, 5.74) is 1.79. The quantitative estimate of drug-likeness (QED) is 0.818. The van der Waals surface area contributed by atoms with Gasteiger partial charge in [0.15, 0.2) is 0 Å². The fourth-order valence-electron chi connectivity index (χ4n) is 3.90. The summed E-state index contributed by atoms with van der Waals surface area (Å²) >= 11 is 0. The third-order valence-corrected chi connectivity index (χ3v) is 5.58. The van der Waals surface area contributed by atoms with Gasteiger partial charge in [0, 0.05) is 32.2 Å². The zero-order chi connectivity index (χ0) is 18.0. The van der Waals surface area contributed by atoms with Crippen LogP contribution in [0, 0.1) is 18.8 Å². The Bertz CT molecular complexity index is 610. The van der Waals surface area contributed by atoms with Crippen LogP contribution in [-0.4, -0.2) is 55.0 Å². The molecule has 3 rings (SSSR count). The van der Waals surface area contributed by atoms with Crippen LogP contribution in [0.4, 0.5) is 0 Å². The molecule has 0 spiro atoms. The number of ether oxygens (including phenoxy) is 1. The van der Waals surface area contributed by atoms with E-state index in [-0.39, 0.29) is 5.91 Å². The molecule has 0 aromatic heterocycles. The molecule has 138 valence electrons. The van der Waals surface area contributed by atoms with Gasteiger partial charge in [0.1, 0.15) is 5.75 Å². The molecule has 0 radical (unpaired) electrons. The molecule has 4 nitrogen and oxygen atoms in total. The first-order chi connectivity index (χ1) is 12.0. The normalized spacial score (nSPS) is 22.1. The minimum absolute atomic E-state index is 0.111. The largest absolute Gasteiger partial charge is 0.496 e. The molecule has 1 amide bonds. The van der Waals surface area contributed by atoms with Gasteiger partial charge in [0.2, 0.25) is 0 Å². The van der Waals surface area contributed by atoms with Gasteiger partial charge in [0.05, 0.1) is 12.7 Å². The number of hydrogen-bond acceptors (Lipinski definition) is 3. The summed E-state index contributed by atoms with van der Waals surface area (Å²) in [7, 11) is 1.64. The van der Waals surface area contributed by atoms with Crippen molar-refractivity contribution in [3.8, 4) is 5.75 Å². The van der Waals surface area contributed by atoms with Crippen molar-refractivity contribution >= 4 is 5.91 Å². The Morgan fingerprint density at radius 3 is 2.68 bits per heavy atom. The summed E-state index contributed by atoms with van der Waals surface area (Å²) in [6, 6.07) is 6.30. The molecule has 0 unspecified atom stereocenters. The Labute approximate surface area is 152 Å². The second-order valence-electron chi connectivity index (χ2n) is 8.06. The number of rotatable bonds is 5. The highest BCUT2D eigenvalue weighted by Crippen LogP contribution is 2.32. The maximum absolute atomic E-state index is 13.2. The van der Waals surface area contributed by atoms with E-state index in [0.717, 1.165) is 37.5 Å². The molecule has 1 aliphatic heterocycles. The molecule has 1 aromatic carbocycles. The first kappa shape index (κ1) is 18.2. The highest BCUT2D eigenvalue weighted by atomic mass is 16.5. The molecule has 4 heteroatoms. The minimum atomic E-state index is 0.111. The average Bonchev–Trinajstić information content (AvgIpc) is 3.41. The standard InChI is InChI=1S/C21H32N2O2/c1-15(2)19-14-23(11-5-10-22(19)13-17-7-8-17)21(24)18-12-16(3)6-9-20(18)25-4/h6,9,12,15,17,19H,5,7-8,10-11,13-14H2,1-4H3/t19-/m1/s1. The summed E-state index contributed by atoms with van der Waals surface area (Å²) in [4.78, 5) is 17.9. The van der Waals surface area contributed by atoms with Crippen LogP contribution in [0.1, 0.15) is 49.0 Å². The number of carbonyl (C=O) groups is 1. The van der Waals surface area contributed by atoms with Crippen molar-refractivity contribution < 1.29 is 9.53 Å². The second-order valence-corrected chi connectivity index (χ2v) is 8.06. The van der Waals surface area contributed by atoms with Gasteiger partial charge >= 0.3 is 0 Å². The summed E-state index contributed by atoms with van der Waals surface area (Å²) in [5, 5.41) is 0. The van der Waals surface area contributed by atoms with Crippen molar-refractivity contribution in [3.05, 3.63) is 29.3 Å². The van der Waals surface area contributed by atoms with Crippen molar-refractivity contribution in [1.82, 2.24) is 9.80 Å². The van der Waals surface area contributed by atoms with Crippen molar-refractivity contribution in [2.75, 3.05) is 33.3 Å². The van der Waals surface area contributed by atoms with E-state index in [9.17, 15) is 4.79 Å². The molecule has 1 atom stereocenters. The molecule has 1 heterocycles. The lowest BCUT2D eigenvalue weighted by Crippen LogP contribution is -2.46. The predicted molar refractivity (Wildman–Crippen MR) is 101 cm³/mol. The van der Waals surface area contributed by atoms with Crippen molar-refractivity contribution in [2.24, 2.45) is 11.8 Å². The molecular formula is C21H32N2O2.